The lowest BCUT2D eigenvalue weighted by Crippen LogP contribution is -2.18. The zero-order valence-electron chi connectivity index (χ0n) is 17.9. The van der Waals surface area contributed by atoms with Crippen LogP contribution in [0.15, 0.2) is 47.6 Å². The van der Waals surface area contributed by atoms with Crippen molar-refractivity contribution in [2.45, 2.75) is 27.3 Å². The normalized spacial score (nSPS) is 11.0. The van der Waals surface area contributed by atoms with Crippen LogP contribution >= 0.6 is 0 Å². The van der Waals surface area contributed by atoms with Crippen molar-refractivity contribution in [3.63, 3.8) is 0 Å². The molecule has 0 saturated carbocycles. The molecule has 0 atom stereocenters. The van der Waals surface area contributed by atoms with Crippen LogP contribution in [0.5, 0.6) is 11.5 Å². The number of benzene rings is 2. The fraction of sp³-hybridized carbons (Fsp3) is 0.261. The second kappa shape index (κ2) is 9.26. The maximum absolute atomic E-state index is 12.5. The molecule has 0 spiro atoms. The Balaban J connectivity index is 1.72. The maximum atomic E-state index is 12.5. The van der Waals surface area contributed by atoms with Crippen molar-refractivity contribution >= 4 is 12.1 Å². The van der Waals surface area contributed by atoms with Gasteiger partial charge in [-0.25, -0.2) is 5.43 Å². The molecule has 0 bridgehead atoms. The standard InChI is InChI=1S/C23H26N4O3/c1-15-6-8-18(9-7-15)14-27-17(3)22(16(2)26-27)13-24-25-23(28)19-10-20(29-4)12-21(11-19)30-5/h6-13H,14H2,1-5H3,(H,25,28)/b24-13-. The van der Waals surface area contributed by atoms with Gasteiger partial charge in [-0.1, -0.05) is 29.8 Å². The summed E-state index contributed by atoms with van der Waals surface area (Å²) >= 11 is 0. The van der Waals surface area contributed by atoms with Crippen molar-refractivity contribution in [1.29, 1.82) is 0 Å². The molecule has 7 nitrogen and oxygen atoms in total. The largest absolute Gasteiger partial charge is 0.497 e. The molecule has 1 heterocycles. The quantitative estimate of drug-likeness (QED) is 0.480. The maximum Gasteiger partial charge on any atom is 0.271 e. The summed E-state index contributed by atoms with van der Waals surface area (Å²) in [6.07, 6.45) is 1.62. The number of ether oxygens (including phenoxy) is 2. The smallest absolute Gasteiger partial charge is 0.271 e. The summed E-state index contributed by atoms with van der Waals surface area (Å²) in [4.78, 5) is 12.5. The third-order valence-corrected chi connectivity index (χ3v) is 4.86. The van der Waals surface area contributed by atoms with Gasteiger partial charge in [-0.15, -0.1) is 0 Å². The van der Waals surface area contributed by atoms with Crippen LogP contribution in [0.25, 0.3) is 0 Å². The fourth-order valence-corrected chi connectivity index (χ4v) is 3.08. The highest BCUT2D eigenvalue weighted by molar-refractivity contribution is 5.95. The van der Waals surface area contributed by atoms with Crippen molar-refractivity contribution in [1.82, 2.24) is 15.2 Å². The molecule has 30 heavy (non-hydrogen) atoms. The monoisotopic (exact) mass is 406 g/mol. The number of aromatic nitrogens is 2. The lowest BCUT2D eigenvalue weighted by atomic mass is 10.1. The molecule has 1 amide bonds. The number of nitrogens with one attached hydrogen (secondary N) is 1. The summed E-state index contributed by atoms with van der Waals surface area (Å²) in [7, 11) is 3.07. The molecule has 0 aliphatic heterocycles. The number of hydrogen-bond donors (Lipinski definition) is 1. The van der Waals surface area contributed by atoms with Crippen molar-refractivity contribution < 1.29 is 14.3 Å². The number of rotatable bonds is 7. The van der Waals surface area contributed by atoms with E-state index in [1.165, 1.54) is 25.3 Å². The van der Waals surface area contributed by atoms with Gasteiger partial charge in [-0.2, -0.15) is 10.2 Å². The number of carbonyl (C=O) groups is 1. The topological polar surface area (TPSA) is 77.7 Å². The first kappa shape index (κ1) is 21.1. The molecule has 1 N–H and O–H groups in total. The summed E-state index contributed by atoms with van der Waals surface area (Å²) in [6.45, 7) is 6.66. The molecule has 3 aromatic rings. The highest BCUT2D eigenvalue weighted by Crippen LogP contribution is 2.22. The van der Waals surface area contributed by atoms with Gasteiger partial charge in [0.05, 0.1) is 32.7 Å². The molecule has 7 heteroatoms. The van der Waals surface area contributed by atoms with Crippen molar-refractivity contribution in [3.05, 3.63) is 76.1 Å². The summed E-state index contributed by atoms with van der Waals surface area (Å²) in [5.41, 5.74) is 8.06. The number of amides is 1. The molecule has 0 fully saturated rings. The zero-order chi connectivity index (χ0) is 21.7. The predicted octanol–water partition coefficient (Wildman–Crippen LogP) is 3.64. The van der Waals surface area contributed by atoms with Gasteiger partial charge in [-0.3, -0.25) is 9.48 Å². The SMILES string of the molecule is COc1cc(OC)cc(C(=O)N/N=C\c2c(C)nn(Cc3ccc(C)cc3)c2C)c1. The number of hydrazone groups is 1. The van der Waals surface area contributed by atoms with Crippen LogP contribution in [0.1, 0.15) is 38.4 Å². The minimum absolute atomic E-state index is 0.356. The predicted molar refractivity (Wildman–Crippen MR) is 117 cm³/mol. The van der Waals surface area contributed by atoms with E-state index in [-0.39, 0.29) is 5.91 Å². The third kappa shape index (κ3) is 4.86. The number of nitrogens with zero attached hydrogens (tertiary/aromatic N) is 3. The molecular weight excluding hydrogens is 380 g/mol. The molecule has 156 valence electrons. The average Bonchev–Trinajstić information content (AvgIpc) is 3.02. The van der Waals surface area contributed by atoms with Crippen LogP contribution in [0.3, 0.4) is 0 Å². The Bertz CT molecular complexity index is 1050. The molecule has 0 radical (unpaired) electrons. The van der Waals surface area contributed by atoms with E-state index in [4.69, 9.17) is 9.47 Å². The Hall–Kier alpha value is -3.61. The van der Waals surface area contributed by atoms with Crippen molar-refractivity contribution in [2.75, 3.05) is 14.2 Å². The van der Waals surface area contributed by atoms with Crippen LogP contribution in [0.2, 0.25) is 0 Å². The summed E-state index contributed by atoms with van der Waals surface area (Å²) in [6, 6.07) is 13.3. The summed E-state index contributed by atoms with van der Waals surface area (Å²) < 4.78 is 12.3. The van der Waals surface area contributed by atoms with E-state index in [1.807, 2.05) is 18.5 Å². The van der Waals surface area contributed by atoms with Crippen LogP contribution < -0.4 is 14.9 Å². The molecule has 3 rings (SSSR count). The summed E-state index contributed by atoms with van der Waals surface area (Å²) in [5.74, 6) is 0.714. The van der Waals surface area contributed by atoms with Crippen LogP contribution in [-0.2, 0) is 6.54 Å². The minimum atomic E-state index is -0.356. The second-order valence-electron chi connectivity index (χ2n) is 7.03. The molecule has 0 saturated heterocycles. The van der Waals surface area contributed by atoms with E-state index in [1.54, 1.807) is 24.4 Å². The Kier molecular flexibility index (Phi) is 6.51. The minimum Gasteiger partial charge on any atom is -0.497 e. The lowest BCUT2D eigenvalue weighted by Gasteiger charge is -2.07. The van der Waals surface area contributed by atoms with Crippen LogP contribution in [0, 0.1) is 20.8 Å². The molecule has 1 aromatic heterocycles. The van der Waals surface area contributed by atoms with Gasteiger partial charge in [-0.05, 0) is 38.5 Å². The van der Waals surface area contributed by atoms with Gasteiger partial charge in [0.15, 0.2) is 0 Å². The first-order chi connectivity index (χ1) is 14.4. The first-order valence-electron chi connectivity index (χ1n) is 9.57. The molecule has 0 unspecified atom stereocenters. The molecular formula is C23H26N4O3. The average molecular weight is 406 g/mol. The van der Waals surface area contributed by atoms with Gasteiger partial charge in [0.25, 0.3) is 5.91 Å². The Morgan fingerprint density at radius 2 is 1.70 bits per heavy atom. The van der Waals surface area contributed by atoms with Crippen LogP contribution in [-0.4, -0.2) is 36.1 Å². The van der Waals surface area contributed by atoms with Gasteiger partial charge in [0.2, 0.25) is 0 Å². The second-order valence-corrected chi connectivity index (χ2v) is 7.03. The first-order valence-corrected chi connectivity index (χ1v) is 9.57. The van der Waals surface area contributed by atoms with Gasteiger partial charge in [0.1, 0.15) is 11.5 Å². The van der Waals surface area contributed by atoms with Crippen LogP contribution in [0.4, 0.5) is 0 Å². The highest BCUT2D eigenvalue weighted by Gasteiger charge is 2.12. The highest BCUT2D eigenvalue weighted by atomic mass is 16.5. The molecule has 2 aromatic carbocycles. The number of methoxy groups -OCH3 is 2. The zero-order valence-corrected chi connectivity index (χ0v) is 17.9. The summed E-state index contributed by atoms with van der Waals surface area (Å²) in [5, 5.41) is 8.73. The van der Waals surface area contributed by atoms with Crippen molar-refractivity contribution in [3.8, 4) is 11.5 Å². The Morgan fingerprint density at radius 1 is 1.07 bits per heavy atom. The number of hydrogen-bond acceptors (Lipinski definition) is 5. The molecule has 0 aliphatic rings. The van der Waals surface area contributed by atoms with Gasteiger partial charge in [0, 0.05) is 22.9 Å². The van der Waals surface area contributed by atoms with Gasteiger partial charge < -0.3 is 9.47 Å². The Labute approximate surface area is 176 Å². The molecule has 0 aliphatic carbocycles. The van der Waals surface area contributed by atoms with E-state index in [9.17, 15) is 4.79 Å². The van der Waals surface area contributed by atoms with E-state index < -0.39 is 0 Å². The van der Waals surface area contributed by atoms with Gasteiger partial charge >= 0.3 is 0 Å². The fourth-order valence-electron chi connectivity index (χ4n) is 3.08. The van der Waals surface area contributed by atoms with E-state index in [0.717, 1.165) is 17.0 Å². The Morgan fingerprint density at radius 3 is 2.30 bits per heavy atom. The lowest BCUT2D eigenvalue weighted by molar-refractivity contribution is 0.0954. The number of carbonyl (C=O) groups excluding carboxylic acids is 1. The van der Waals surface area contributed by atoms with Crippen molar-refractivity contribution in [2.24, 2.45) is 5.10 Å². The number of aryl methyl sites for hydroxylation is 2. The van der Waals surface area contributed by atoms with E-state index in [0.29, 0.717) is 23.6 Å². The van der Waals surface area contributed by atoms with E-state index in [2.05, 4.69) is 46.8 Å². The third-order valence-electron chi connectivity index (χ3n) is 4.86. The van der Waals surface area contributed by atoms with E-state index >= 15 is 0 Å².